The fraction of sp³-hybridized carbons (Fsp3) is 0.750. The molecule has 1 heterocycles. The van der Waals surface area contributed by atoms with Crippen molar-refractivity contribution in [2.24, 2.45) is 17.8 Å². The van der Waals surface area contributed by atoms with Crippen molar-refractivity contribution < 1.29 is 50.3 Å². The van der Waals surface area contributed by atoms with Gasteiger partial charge in [-0.3, -0.25) is 9.35 Å². The van der Waals surface area contributed by atoms with Crippen molar-refractivity contribution in [3.8, 4) is 0 Å². The fourth-order valence-corrected chi connectivity index (χ4v) is 3.83. The lowest BCUT2D eigenvalue weighted by atomic mass is 9.88. The lowest BCUT2D eigenvalue weighted by molar-refractivity contribution is -0.175. The number of carbonyl (C=O) groups is 3. The number of esters is 3. The topological polar surface area (TPSA) is 133 Å². The second kappa shape index (κ2) is 5.34. The van der Waals surface area contributed by atoms with Crippen molar-refractivity contribution in [2.75, 3.05) is 6.61 Å². The van der Waals surface area contributed by atoms with Gasteiger partial charge in [0.2, 0.25) is 0 Å². The van der Waals surface area contributed by atoms with Crippen LogP contribution in [0.1, 0.15) is 12.8 Å². The minimum atomic E-state index is -6.01. The minimum Gasteiger partial charge on any atom is -0.458 e. The van der Waals surface area contributed by atoms with Gasteiger partial charge in [0.25, 0.3) is 0 Å². The van der Waals surface area contributed by atoms with Gasteiger partial charge < -0.3 is 14.2 Å². The van der Waals surface area contributed by atoms with Crippen LogP contribution in [0.5, 0.6) is 0 Å². The molecule has 5 atom stereocenters. The van der Waals surface area contributed by atoms with Crippen molar-refractivity contribution in [3.63, 3.8) is 0 Å². The summed E-state index contributed by atoms with van der Waals surface area (Å²) in [5, 5.41) is -5.19. The van der Waals surface area contributed by atoms with Gasteiger partial charge in [-0.15, -0.1) is 0 Å². The quantitative estimate of drug-likeness (QED) is 0.386. The normalized spacial score (nSPS) is 34.1. The van der Waals surface area contributed by atoms with Crippen molar-refractivity contribution in [1.29, 1.82) is 0 Å². The standard InChI is InChI=1S/C12H12F2O9S/c13-12(14,24(18,19)20)11(17)21-3-7(15)22-8-4-1-5-6(2-4)10(16)23-9(5)8/h4-6,8-9H,1-3H2,(H,18,19,20). The Morgan fingerprint density at radius 2 is 2.00 bits per heavy atom. The molecule has 5 unspecified atom stereocenters. The van der Waals surface area contributed by atoms with E-state index in [9.17, 15) is 31.6 Å². The van der Waals surface area contributed by atoms with E-state index in [1.54, 1.807) is 0 Å². The third kappa shape index (κ3) is 2.53. The summed E-state index contributed by atoms with van der Waals surface area (Å²) in [6.45, 7) is -1.26. The van der Waals surface area contributed by atoms with Crippen LogP contribution in [0.15, 0.2) is 0 Å². The number of hydrogen-bond donors (Lipinski definition) is 1. The lowest BCUT2D eigenvalue weighted by Gasteiger charge is -2.25. The van der Waals surface area contributed by atoms with Gasteiger partial charge in [0.05, 0.1) is 5.92 Å². The Bertz CT molecular complexity index is 703. The van der Waals surface area contributed by atoms with Crippen LogP contribution in [-0.4, -0.2) is 54.9 Å². The zero-order valence-corrected chi connectivity index (χ0v) is 12.7. The van der Waals surface area contributed by atoms with Crippen LogP contribution >= 0.6 is 0 Å². The van der Waals surface area contributed by atoms with E-state index in [1.807, 2.05) is 0 Å². The molecule has 9 nitrogen and oxygen atoms in total. The molecular weight excluding hydrogens is 358 g/mol. The number of ether oxygens (including phenoxy) is 3. The van der Waals surface area contributed by atoms with Gasteiger partial charge >= 0.3 is 33.3 Å². The number of hydrogen-bond acceptors (Lipinski definition) is 8. The summed E-state index contributed by atoms with van der Waals surface area (Å²) in [6.07, 6.45) is -0.204. The number of fused-ring (bicyclic) bond motifs is 1. The van der Waals surface area contributed by atoms with Gasteiger partial charge in [-0.2, -0.15) is 17.2 Å². The summed E-state index contributed by atoms with van der Waals surface area (Å²) in [5.74, 6) is -4.50. The van der Waals surface area contributed by atoms with Crippen LogP contribution in [0, 0.1) is 17.8 Å². The van der Waals surface area contributed by atoms with E-state index in [0.717, 1.165) is 0 Å². The van der Waals surface area contributed by atoms with E-state index in [0.29, 0.717) is 12.8 Å². The first-order valence-electron chi connectivity index (χ1n) is 6.94. The summed E-state index contributed by atoms with van der Waals surface area (Å²) in [5.41, 5.74) is 0. The van der Waals surface area contributed by atoms with E-state index in [-0.39, 0.29) is 23.7 Å². The summed E-state index contributed by atoms with van der Waals surface area (Å²) >= 11 is 0. The molecule has 3 fully saturated rings. The zero-order chi connectivity index (χ0) is 17.9. The van der Waals surface area contributed by atoms with Crippen LogP contribution in [0.2, 0.25) is 0 Å². The SMILES string of the molecule is O=C(COC(=O)C(F)(F)S(=O)(=O)O)OC1C2CC3C(=O)OC1C3C2. The average molecular weight is 370 g/mol. The van der Waals surface area contributed by atoms with Crippen LogP contribution < -0.4 is 0 Å². The molecule has 3 rings (SSSR count). The molecule has 0 amide bonds. The van der Waals surface area contributed by atoms with E-state index in [2.05, 4.69) is 4.74 Å². The Morgan fingerprint density at radius 1 is 1.33 bits per heavy atom. The highest BCUT2D eigenvalue weighted by Crippen LogP contribution is 2.55. The maximum atomic E-state index is 12.9. The second-order valence-corrected chi connectivity index (χ2v) is 7.39. The highest BCUT2D eigenvalue weighted by molar-refractivity contribution is 7.87. The molecule has 1 aliphatic heterocycles. The number of rotatable bonds is 5. The van der Waals surface area contributed by atoms with Gasteiger partial charge in [0.1, 0.15) is 12.2 Å². The minimum absolute atomic E-state index is 0.0493. The molecular formula is C12H12F2O9S. The van der Waals surface area contributed by atoms with Gasteiger partial charge in [0, 0.05) is 11.8 Å². The summed E-state index contributed by atoms with van der Waals surface area (Å²) in [4.78, 5) is 34.1. The number of alkyl halides is 2. The first-order valence-corrected chi connectivity index (χ1v) is 8.38. The zero-order valence-electron chi connectivity index (χ0n) is 11.9. The Morgan fingerprint density at radius 3 is 2.62 bits per heavy atom. The van der Waals surface area contributed by atoms with E-state index in [4.69, 9.17) is 14.0 Å². The molecule has 0 aromatic carbocycles. The van der Waals surface area contributed by atoms with Crippen molar-refractivity contribution in [2.45, 2.75) is 30.3 Å². The molecule has 134 valence electrons. The highest BCUT2D eigenvalue weighted by atomic mass is 32.2. The van der Waals surface area contributed by atoms with Gasteiger partial charge in [-0.05, 0) is 12.8 Å². The predicted octanol–water partition coefficient (Wildman–Crippen LogP) is -0.497. The maximum absolute atomic E-state index is 12.9. The monoisotopic (exact) mass is 370 g/mol. The highest BCUT2D eigenvalue weighted by Gasteiger charge is 2.63. The van der Waals surface area contributed by atoms with Crippen LogP contribution in [0.25, 0.3) is 0 Å². The van der Waals surface area contributed by atoms with Gasteiger partial charge in [-0.1, -0.05) is 0 Å². The van der Waals surface area contributed by atoms with E-state index in [1.165, 1.54) is 0 Å². The predicted molar refractivity (Wildman–Crippen MR) is 66.9 cm³/mol. The first-order chi connectivity index (χ1) is 11.0. The second-order valence-electron chi connectivity index (χ2n) is 5.93. The molecule has 1 N–H and O–H groups in total. The first kappa shape index (κ1) is 17.0. The molecule has 0 radical (unpaired) electrons. The van der Waals surface area contributed by atoms with E-state index < -0.39 is 46.1 Å². The molecule has 2 saturated carbocycles. The molecule has 0 spiro atoms. The molecule has 2 aliphatic carbocycles. The summed E-state index contributed by atoms with van der Waals surface area (Å²) in [7, 11) is -6.01. The Hall–Kier alpha value is -1.82. The number of halogens is 2. The molecule has 0 aromatic heterocycles. The molecule has 3 aliphatic rings. The van der Waals surface area contributed by atoms with Crippen LogP contribution in [0.4, 0.5) is 8.78 Å². The Kier molecular flexibility index (Phi) is 3.79. The number of carbonyl (C=O) groups excluding carboxylic acids is 3. The van der Waals surface area contributed by atoms with Crippen molar-refractivity contribution in [3.05, 3.63) is 0 Å². The fourth-order valence-electron chi connectivity index (χ4n) is 3.56. The molecule has 1 saturated heterocycles. The van der Waals surface area contributed by atoms with Crippen molar-refractivity contribution >= 4 is 28.0 Å². The van der Waals surface area contributed by atoms with E-state index >= 15 is 0 Å². The van der Waals surface area contributed by atoms with Crippen molar-refractivity contribution in [1.82, 2.24) is 0 Å². The Balaban J connectivity index is 1.54. The van der Waals surface area contributed by atoms with Crippen LogP contribution in [-0.2, 0) is 38.7 Å². The Labute approximate surface area is 134 Å². The molecule has 24 heavy (non-hydrogen) atoms. The molecule has 2 bridgehead atoms. The smallest absolute Gasteiger partial charge is 0.458 e. The van der Waals surface area contributed by atoms with Gasteiger partial charge in [-0.25, -0.2) is 9.59 Å². The summed E-state index contributed by atoms with van der Waals surface area (Å²) in [6, 6.07) is 0. The van der Waals surface area contributed by atoms with Crippen LogP contribution in [0.3, 0.4) is 0 Å². The summed E-state index contributed by atoms with van der Waals surface area (Å²) < 4.78 is 68.9. The molecule has 12 heteroatoms. The third-order valence-electron chi connectivity index (χ3n) is 4.56. The molecule has 0 aromatic rings. The largest absolute Gasteiger partial charge is 0.465 e. The lowest BCUT2D eigenvalue weighted by Crippen LogP contribution is -2.41. The van der Waals surface area contributed by atoms with Gasteiger partial charge in [0.15, 0.2) is 6.61 Å². The third-order valence-corrected chi connectivity index (χ3v) is 5.38. The maximum Gasteiger partial charge on any atom is 0.465 e. The average Bonchev–Trinajstić information content (AvgIpc) is 3.08.